The van der Waals surface area contributed by atoms with Crippen molar-refractivity contribution in [3.63, 3.8) is 0 Å². The van der Waals surface area contributed by atoms with Gasteiger partial charge >= 0.3 is 0 Å². The van der Waals surface area contributed by atoms with Gasteiger partial charge in [-0.15, -0.1) is 0 Å². The minimum atomic E-state index is -1.56. The molecule has 2 atom stereocenters. The molecule has 1 saturated heterocycles. The van der Waals surface area contributed by atoms with E-state index in [-0.39, 0.29) is 31.5 Å². The van der Waals surface area contributed by atoms with Gasteiger partial charge in [0.25, 0.3) is 0 Å². The van der Waals surface area contributed by atoms with E-state index in [1.807, 2.05) is 70.3 Å². The number of carbonyl (C=O) groups excluding carboxylic acids is 1. The minimum Gasteiger partial charge on any atom is -0.388 e. The maximum Gasteiger partial charge on any atom is 0.246 e. The van der Waals surface area contributed by atoms with E-state index in [4.69, 9.17) is 16.6 Å². The third-order valence-corrected chi connectivity index (χ3v) is 6.67. The van der Waals surface area contributed by atoms with Crippen LogP contribution in [0.1, 0.15) is 57.2 Å². The summed E-state index contributed by atoms with van der Waals surface area (Å²) < 4.78 is 18.0. The van der Waals surface area contributed by atoms with Crippen LogP contribution < -0.4 is 16.9 Å². The second-order valence-electron chi connectivity index (χ2n) is 9.99. The number of hydrazine groups is 1. The lowest BCUT2D eigenvalue weighted by Crippen LogP contribution is -2.51. The number of nitrogens with one attached hydrogen (secondary N) is 1. The van der Waals surface area contributed by atoms with Gasteiger partial charge in [-0.05, 0) is 43.9 Å². The minimum absolute atomic E-state index is 0.0679. The summed E-state index contributed by atoms with van der Waals surface area (Å²) in [6, 6.07) is 9.56. The van der Waals surface area contributed by atoms with E-state index >= 15 is 4.39 Å². The Kier molecular flexibility index (Phi) is 10.2. The van der Waals surface area contributed by atoms with Crippen LogP contribution in [-0.4, -0.2) is 63.7 Å². The topological polar surface area (TPSA) is 118 Å². The third kappa shape index (κ3) is 7.29. The average Bonchev–Trinajstić information content (AvgIpc) is 3.49. The van der Waals surface area contributed by atoms with E-state index in [1.165, 1.54) is 0 Å². The first kappa shape index (κ1) is 29.1. The van der Waals surface area contributed by atoms with Gasteiger partial charge in [-0.3, -0.25) is 4.79 Å². The number of imidazole rings is 1. The van der Waals surface area contributed by atoms with Gasteiger partial charge in [-0.1, -0.05) is 62.4 Å². The summed E-state index contributed by atoms with van der Waals surface area (Å²) in [4.78, 5) is 20.3. The Bertz CT molecular complexity index is 1130. The van der Waals surface area contributed by atoms with Gasteiger partial charge in [0.05, 0.1) is 18.3 Å². The van der Waals surface area contributed by atoms with Crippen molar-refractivity contribution in [3.8, 4) is 0 Å². The second-order valence-corrected chi connectivity index (χ2v) is 9.99. The molecule has 206 valence electrons. The number of allylic oxidation sites excluding steroid dienone is 4. The van der Waals surface area contributed by atoms with Gasteiger partial charge < -0.3 is 20.5 Å². The number of hydrogen-bond donors (Lipinski definition) is 3. The Hall–Kier alpha value is -3.50. The highest BCUT2D eigenvalue weighted by Crippen LogP contribution is 2.34. The Balaban J connectivity index is 2.13. The molecule has 5 N–H and O–H groups in total. The summed E-state index contributed by atoms with van der Waals surface area (Å²) in [6.45, 7) is 8.94. The van der Waals surface area contributed by atoms with Crippen LogP contribution in [0.3, 0.4) is 0 Å². The Labute approximate surface area is 225 Å². The Morgan fingerprint density at radius 3 is 2.63 bits per heavy atom. The number of amides is 1. The first-order chi connectivity index (χ1) is 18.2. The maximum atomic E-state index is 15.9. The summed E-state index contributed by atoms with van der Waals surface area (Å²) in [5.41, 5.74) is 6.66. The van der Waals surface area contributed by atoms with Crippen molar-refractivity contribution in [1.29, 1.82) is 0 Å². The van der Waals surface area contributed by atoms with Crippen LogP contribution in [0.4, 0.5) is 4.39 Å². The molecule has 10 heteroatoms. The van der Waals surface area contributed by atoms with Gasteiger partial charge in [-0.2, -0.15) is 5.10 Å². The fourth-order valence-electron chi connectivity index (χ4n) is 4.87. The van der Waals surface area contributed by atoms with E-state index in [2.05, 4.69) is 27.1 Å². The zero-order valence-corrected chi connectivity index (χ0v) is 22.8. The summed E-state index contributed by atoms with van der Waals surface area (Å²) >= 11 is 0. The molecule has 1 aromatic carbocycles. The molecule has 1 amide bonds. The molecule has 0 unspecified atom stereocenters. The van der Waals surface area contributed by atoms with Crippen molar-refractivity contribution in [3.05, 3.63) is 71.8 Å². The second kappa shape index (κ2) is 13.3. The highest BCUT2D eigenvalue weighted by Gasteiger charge is 2.41. The molecule has 38 heavy (non-hydrogen) atoms. The summed E-state index contributed by atoms with van der Waals surface area (Å²) in [7, 11) is 0. The molecule has 0 saturated carbocycles. The summed E-state index contributed by atoms with van der Waals surface area (Å²) in [5, 5.41) is 7.84. The molecular formula is C28H41FN8O. The number of hydrogen-bond acceptors (Lipinski definition) is 6. The van der Waals surface area contributed by atoms with Crippen LogP contribution >= 0.6 is 0 Å². The standard InChI is InChI=1S/C28H41FN8O/c1-5-10-23(6-2)24-16-35(15-22-11-8-7-9-12-22)27(34-24)26(21(3)4)36(19-28(29)13-14-32-18-28)25(38)17-37(31)33-20-30/h5-12,16,20-21,26,32H,13-15,17-19,31H2,1-4H3,(H2,30,33)/b10-5-,23-6+/t26-,28+/m1/s1. The zero-order chi connectivity index (χ0) is 27.7. The lowest BCUT2D eigenvalue weighted by atomic mass is 9.97. The Morgan fingerprint density at radius 1 is 1.32 bits per heavy atom. The van der Waals surface area contributed by atoms with E-state index in [9.17, 15) is 4.79 Å². The van der Waals surface area contributed by atoms with Gasteiger partial charge in [0.15, 0.2) is 0 Å². The molecule has 3 rings (SSSR count). The van der Waals surface area contributed by atoms with Crippen LogP contribution in [0.2, 0.25) is 0 Å². The SMILES string of the molecule is C/C=C\C(=C/C)c1cn(Cc2ccccc2)c([C@@H](C(C)C)N(C[C@]2(F)CCNC2)C(=O)CN(N)/N=C\N)n1. The molecule has 1 aliphatic rings. The van der Waals surface area contributed by atoms with Crippen LogP contribution in [0, 0.1) is 5.92 Å². The predicted octanol–water partition coefficient (Wildman–Crippen LogP) is 3.22. The zero-order valence-electron chi connectivity index (χ0n) is 22.8. The van der Waals surface area contributed by atoms with Crippen molar-refractivity contribution in [1.82, 2.24) is 24.9 Å². The van der Waals surface area contributed by atoms with Crippen molar-refractivity contribution >= 4 is 17.8 Å². The molecular weight excluding hydrogens is 483 g/mol. The quantitative estimate of drug-likeness (QED) is 0.129. The van der Waals surface area contributed by atoms with Crippen molar-refractivity contribution in [2.75, 3.05) is 26.2 Å². The summed E-state index contributed by atoms with van der Waals surface area (Å²) in [5.74, 6) is 6.14. The normalized spacial score (nSPS) is 19.1. The number of halogens is 1. The largest absolute Gasteiger partial charge is 0.388 e. The van der Waals surface area contributed by atoms with E-state index in [1.54, 1.807) is 4.90 Å². The lowest BCUT2D eigenvalue weighted by Gasteiger charge is -2.38. The molecule has 2 aromatic rings. The molecule has 1 aliphatic heterocycles. The molecule has 2 heterocycles. The van der Waals surface area contributed by atoms with Crippen LogP contribution in [0.5, 0.6) is 0 Å². The number of carbonyl (C=O) groups is 1. The van der Waals surface area contributed by atoms with E-state index in [0.29, 0.717) is 25.3 Å². The first-order valence-electron chi connectivity index (χ1n) is 13.1. The Morgan fingerprint density at radius 2 is 2.05 bits per heavy atom. The van der Waals surface area contributed by atoms with Gasteiger partial charge in [-0.25, -0.2) is 20.3 Å². The van der Waals surface area contributed by atoms with Crippen LogP contribution in [0.25, 0.3) is 5.57 Å². The third-order valence-electron chi connectivity index (χ3n) is 6.67. The number of alkyl halides is 1. The van der Waals surface area contributed by atoms with Gasteiger partial charge in [0, 0.05) is 19.3 Å². The van der Waals surface area contributed by atoms with E-state index in [0.717, 1.165) is 28.3 Å². The van der Waals surface area contributed by atoms with Gasteiger partial charge in [0.2, 0.25) is 5.91 Å². The monoisotopic (exact) mass is 524 g/mol. The molecule has 9 nitrogen and oxygen atoms in total. The van der Waals surface area contributed by atoms with Gasteiger partial charge in [0.1, 0.15) is 24.4 Å². The predicted molar refractivity (Wildman–Crippen MR) is 150 cm³/mol. The van der Waals surface area contributed by atoms with Crippen molar-refractivity contribution in [2.45, 2.75) is 52.4 Å². The highest BCUT2D eigenvalue weighted by atomic mass is 19.1. The van der Waals surface area contributed by atoms with Crippen molar-refractivity contribution in [2.24, 2.45) is 22.6 Å². The number of nitrogens with zero attached hydrogens (tertiary/aromatic N) is 5. The number of aromatic nitrogens is 2. The number of rotatable bonds is 12. The van der Waals surface area contributed by atoms with Crippen molar-refractivity contribution < 1.29 is 9.18 Å². The fourth-order valence-corrected chi connectivity index (χ4v) is 4.87. The molecule has 0 aliphatic carbocycles. The maximum absolute atomic E-state index is 15.9. The van der Waals surface area contributed by atoms with E-state index < -0.39 is 11.7 Å². The average molecular weight is 525 g/mol. The fraction of sp³-hybridized carbons (Fsp3) is 0.464. The first-order valence-corrected chi connectivity index (χ1v) is 13.1. The van der Waals surface area contributed by atoms with Crippen LogP contribution in [0.15, 0.2) is 59.9 Å². The number of hydrazone groups is 1. The lowest BCUT2D eigenvalue weighted by molar-refractivity contribution is -0.138. The molecule has 0 spiro atoms. The number of nitrogens with two attached hydrogens (primary N) is 2. The number of benzene rings is 1. The molecule has 0 bridgehead atoms. The highest BCUT2D eigenvalue weighted by molar-refractivity contribution is 5.79. The smallest absolute Gasteiger partial charge is 0.246 e. The summed E-state index contributed by atoms with van der Waals surface area (Å²) in [6.07, 6.45) is 9.32. The molecule has 0 radical (unpaired) electrons. The van der Waals surface area contributed by atoms with Crippen LogP contribution in [-0.2, 0) is 11.3 Å². The molecule has 1 fully saturated rings. The molecule has 1 aromatic heterocycles.